The maximum Gasteiger partial charge on any atom is 0.0465 e. The first-order valence-corrected chi connectivity index (χ1v) is 3.28. The maximum absolute atomic E-state index is 8.35. The third-order valence-electron chi connectivity index (χ3n) is 1.000. The Labute approximate surface area is 56.7 Å². The highest BCUT2D eigenvalue weighted by molar-refractivity contribution is 4.83. The summed E-state index contributed by atoms with van der Waals surface area (Å²) in [5, 5.41) is 8.35. The summed E-state index contributed by atoms with van der Waals surface area (Å²) in [7, 11) is 0. The lowest BCUT2D eigenvalue weighted by molar-refractivity contribution is 0.302. The monoisotopic (exact) mass is 126 g/mol. The van der Waals surface area contributed by atoms with Crippen LogP contribution in [0.15, 0.2) is 24.8 Å². The smallest absolute Gasteiger partial charge is 0.0465 e. The summed E-state index contributed by atoms with van der Waals surface area (Å²) in [4.78, 5) is 0. The Morgan fingerprint density at radius 3 is 2.33 bits per heavy atom. The number of hydrogen-bond donors (Lipinski definition) is 1. The van der Waals surface area contributed by atoms with Crippen LogP contribution >= 0.6 is 0 Å². The second kappa shape index (κ2) is 7.44. The van der Waals surface area contributed by atoms with Gasteiger partial charge in [-0.1, -0.05) is 18.2 Å². The highest BCUT2D eigenvalue weighted by atomic mass is 16.2. The summed E-state index contributed by atoms with van der Waals surface area (Å²) >= 11 is 0. The summed E-state index contributed by atoms with van der Waals surface area (Å²) in [5.74, 6) is 0. The standard InChI is InChI=1S/C8H14O/c1-2-3-4-5-6-7-8-9/h2,5-6,9H,1,3-4,7-8H2/b6-5-. The van der Waals surface area contributed by atoms with E-state index in [1.807, 2.05) is 12.2 Å². The van der Waals surface area contributed by atoms with Gasteiger partial charge in [0.05, 0.1) is 0 Å². The van der Waals surface area contributed by atoms with Gasteiger partial charge in [-0.3, -0.25) is 0 Å². The van der Waals surface area contributed by atoms with Crippen molar-refractivity contribution in [1.29, 1.82) is 0 Å². The van der Waals surface area contributed by atoms with E-state index in [0.29, 0.717) is 0 Å². The number of allylic oxidation sites excluding steroid dienone is 2. The predicted molar refractivity (Wildman–Crippen MR) is 40.3 cm³/mol. The van der Waals surface area contributed by atoms with Crippen LogP contribution in [0.3, 0.4) is 0 Å². The Balaban J connectivity index is 2.94. The van der Waals surface area contributed by atoms with E-state index in [-0.39, 0.29) is 6.61 Å². The van der Waals surface area contributed by atoms with Crippen molar-refractivity contribution in [1.82, 2.24) is 0 Å². The van der Waals surface area contributed by atoms with Gasteiger partial charge in [0, 0.05) is 6.61 Å². The van der Waals surface area contributed by atoms with Crippen LogP contribution in [0.2, 0.25) is 0 Å². The van der Waals surface area contributed by atoms with E-state index in [4.69, 9.17) is 5.11 Å². The zero-order valence-corrected chi connectivity index (χ0v) is 5.71. The Hall–Kier alpha value is -0.560. The number of hydrogen-bond acceptors (Lipinski definition) is 1. The van der Waals surface area contributed by atoms with Crippen molar-refractivity contribution in [2.24, 2.45) is 0 Å². The summed E-state index contributed by atoms with van der Waals surface area (Å²) in [6.45, 7) is 3.85. The van der Waals surface area contributed by atoms with Crippen molar-refractivity contribution < 1.29 is 5.11 Å². The maximum atomic E-state index is 8.35. The first-order chi connectivity index (χ1) is 4.41. The molecule has 0 aliphatic heterocycles. The molecule has 0 aromatic rings. The van der Waals surface area contributed by atoms with Crippen LogP contribution < -0.4 is 0 Å². The van der Waals surface area contributed by atoms with Crippen LogP contribution in [0.1, 0.15) is 19.3 Å². The topological polar surface area (TPSA) is 20.2 Å². The fraction of sp³-hybridized carbons (Fsp3) is 0.500. The van der Waals surface area contributed by atoms with Gasteiger partial charge in [-0.2, -0.15) is 0 Å². The van der Waals surface area contributed by atoms with Crippen LogP contribution in [-0.4, -0.2) is 11.7 Å². The Kier molecular flexibility index (Phi) is 6.98. The number of aliphatic hydroxyl groups excluding tert-OH is 1. The van der Waals surface area contributed by atoms with Crippen molar-refractivity contribution >= 4 is 0 Å². The van der Waals surface area contributed by atoms with Crippen LogP contribution in [0, 0.1) is 0 Å². The number of unbranched alkanes of at least 4 members (excludes halogenated alkanes) is 1. The molecule has 0 radical (unpaired) electrons. The minimum Gasteiger partial charge on any atom is -0.396 e. The first-order valence-electron chi connectivity index (χ1n) is 3.28. The molecular weight excluding hydrogens is 112 g/mol. The second-order valence-electron chi connectivity index (χ2n) is 1.85. The normalized spacial score (nSPS) is 10.3. The van der Waals surface area contributed by atoms with Crippen molar-refractivity contribution in [3.63, 3.8) is 0 Å². The molecule has 0 saturated heterocycles. The molecule has 0 aliphatic carbocycles. The average Bonchev–Trinajstić information content (AvgIpc) is 1.89. The average molecular weight is 126 g/mol. The minimum atomic E-state index is 0.255. The highest BCUT2D eigenvalue weighted by Crippen LogP contribution is 1.91. The molecule has 0 rings (SSSR count). The van der Waals surface area contributed by atoms with Gasteiger partial charge < -0.3 is 5.11 Å². The zero-order valence-electron chi connectivity index (χ0n) is 5.71. The molecule has 1 heteroatoms. The summed E-state index contributed by atoms with van der Waals surface area (Å²) in [6, 6.07) is 0. The van der Waals surface area contributed by atoms with Gasteiger partial charge in [0.15, 0.2) is 0 Å². The first kappa shape index (κ1) is 8.44. The predicted octanol–water partition coefficient (Wildman–Crippen LogP) is 1.89. The Morgan fingerprint density at radius 2 is 1.78 bits per heavy atom. The van der Waals surface area contributed by atoms with Crippen LogP contribution in [0.5, 0.6) is 0 Å². The molecule has 0 aromatic heterocycles. The number of aliphatic hydroxyl groups is 1. The van der Waals surface area contributed by atoms with Crippen LogP contribution in [0.4, 0.5) is 0 Å². The van der Waals surface area contributed by atoms with Crippen molar-refractivity contribution in [3.8, 4) is 0 Å². The van der Waals surface area contributed by atoms with Crippen molar-refractivity contribution in [3.05, 3.63) is 24.8 Å². The van der Waals surface area contributed by atoms with Crippen LogP contribution in [-0.2, 0) is 0 Å². The molecule has 0 unspecified atom stereocenters. The van der Waals surface area contributed by atoms with E-state index in [1.165, 1.54) is 0 Å². The molecule has 0 saturated carbocycles. The summed E-state index contributed by atoms with van der Waals surface area (Å²) in [5.41, 5.74) is 0. The zero-order chi connectivity index (χ0) is 6.95. The van der Waals surface area contributed by atoms with Gasteiger partial charge in [0.25, 0.3) is 0 Å². The van der Waals surface area contributed by atoms with Crippen molar-refractivity contribution in [2.45, 2.75) is 19.3 Å². The molecule has 0 amide bonds. The van der Waals surface area contributed by atoms with E-state index in [0.717, 1.165) is 19.3 Å². The fourth-order valence-corrected chi connectivity index (χ4v) is 0.524. The van der Waals surface area contributed by atoms with Crippen LogP contribution in [0.25, 0.3) is 0 Å². The van der Waals surface area contributed by atoms with E-state index in [1.54, 1.807) is 0 Å². The molecule has 1 nitrogen and oxygen atoms in total. The van der Waals surface area contributed by atoms with Crippen molar-refractivity contribution in [2.75, 3.05) is 6.61 Å². The lowest BCUT2D eigenvalue weighted by atomic mass is 10.3. The third-order valence-corrected chi connectivity index (χ3v) is 1.000. The fourth-order valence-electron chi connectivity index (χ4n) is 0.524. The molecule has 0 fully saturated rings. The molecule has 0 spiro atoms. The molecule has 0 heterocycles. The largest absolute Gasteiger partial charge is 0.396 e. The van der Waals surface area contributed by atoms with Gasteiger partial charge >= 0.3 is 0 Å². The lowest BCUT2D eigenvalue weighted by Crippen LogP contribution is -1.74. The van der Waals surface area contributed by atoms with Gasteiger partial charge in [0.1, 0.15) is 0 Å². The molecule has 0 atom stereocenters. The number of rotatable bonds is 5. The molecule has 0 aromatic carbocycles. The van der Waals surface area contributed by atoms with E-state index in [9.17, 15) is 0 Å². The lowest BCUT2D eigenvalue weighted by Gasteiger charge is -1.84. The van der Waals surface area contributed by atoms with E-state index >= 15 is 0 Å². The minimum absolute atomic E-state index is 0.255. The van der Waals surface area contributed by atoms with Gasteiger partial charge in [0.2, 0.25) is 0 Å². The quantitative estimate of drug-likeness (QED) is 0.440. The molecule has 0 aliphatic rings. The van der Waals surface area contributed by atoms with Gasteiger partial charge in [-0.05, 0) is 19.3 Å². The van der Waals surface area contributed by atoms with E-state index in [2.05, 4.69) is 12.7 Å². The van der Waals surface area contributed by atoms with E-state index < -0.39 is 0 Å². The molecule has 9 heavy (non-hydrogen) atoms. The molecule has 1 N–H and O–H groups in total. The highest BCUT2D eigenvalue weighted by Gasteiger charge is 1.74. The summed E-state index contributed by atoms with van der Waals surface area (Å²) < 4.78 is 0. The molecular formula is C8H14O. The summed E-state index contributed by atoms with van der Waals surface area (Å²) in [6.07, 6.45) is 8.80. The Morgan fingerprint density at radius 1 is 1.11 bits per heavy atom. The molecule has 52 valence electrons. The Bertz CT molecular complexity index is 84.6. The SMILES string of the molecule is C=CCC/C=C\CCO. The van der Waals surface area contributed by atoms with Gasteiger partial charge in [-0.15, -0.1) is 6.58 Å². The molecule has 0 bridgehead atoms. The van der Waals surface area contributed by atoms with Gasteiger partial charge in [-0.25, -0.2) is 0 Å². The third kappa shape index (κ3) is 7.44. The second-order valence-corrected chi connectivity index (χ2v) is 1.85.